The Morgan fingerprint density at radius 2 is 1.50 bits per heavy atom. The van der Waals surface area contributed by atoms with Gasteiger partial charge in [-0.2, -0.15) is 0 Å². The molecule has 0 radical (unpaired) electrons. The van der Waals surface area contributed by atoms with Crippen LogP contribution >= 0.6 is 0 Å². The topological polar surface area (TPSA) is 12.9 Å². The molecule has 0 amide bonds. The number of fused-ring (bicyclic) bond motifs is 1. The third-order valence-corrected chi connectivity index (χ3v) is 4.02. The average Bonchev–Trinajstić information content (AvgIpc) is 2.42. The molecule has 3 rings (SSSR count). The minimum atomic E-state index is 1.08. The van der Waals surface area contributed by atoms with Crippen molar-refractivity contribution in [3.05, 3.63) is 64.8 Å². The molecule has 1 heterocycles. The number of hydrogen-bond acceptors (Lipinski definition) is 1. The smallest absolute Gasteiger partial charge is 0.0780 e. The minimum absolute atomic E-state index is 1.08. The molecule has 0 fully saturated rings. The Bertz CT molecular complexity index is 800. The largest absolute Gasteiger partial charge is 0.255 e. The standard InChI is InChI=1S/C19H19N/c1-12-5-8-17-15(4)11-20-19(18(17)9-12)16-7-6-13(2)14(3)10-16/h5-11H,1-4H3. The highest BCUT2D eigenvalue weighted by Gasteiger charge is 2.08. The number of rotatable bonds is 1. The summed E-state index contributed by atoms with van der Waals surface area (Å²) in [4.78, 5) is 4.69. The van der Waals surface area contributed by atoms with Gasteiger partial charge in [-0.3, -0.25) is 4.98 Å². The monoisotopic (exact) mass is 261 g/mol. The van der Waals surface area contributed by atoms with Gasteiger partial charge >= 0.3 is 0 Å². The quantitative estimate of drug-likeness (QED) is 0.591. The van der Waals surface area contributed by atoms with E-state index in [0.717, 1.165) is 5.69 Å². The van der Waals surface area contributed by atoms with E-state index in [9.17, 15) is 0 Å². The summed E-state index contributed by atoms with van der Waals surface area (Å²) in [6.45, 7) is 8.55. The molecule has 0 unspecified atom stereocenters. The van der Waals surface area contributed by atoms with Crippen molar-refractivity contribution in [2.75, 3.05) is 0 Å². The van der Waals surface area contributed by atoms with Crippen LogP contribution in [0, 0.1) is 27.7 Å². The highest BCUT2D eigenvalue weighted by atomic mass is 14.7. The first-order valence-electron chi connectivity index (χ1n) is 7.00. The van der Waals surface area contributed by atoms with Gasteiger partial charge in [-0.05, 0) is 61.9 Å². The fraction of sp³-hybridized carbons (Fsp3) is 0.211. The molecule has 1 nitrogen and oxygen atoms in total. The van der Waals surface area contributed by atoms with Crippen molar-refractivity contribution in [3.63, 3.8) is 0 Å². The Morgan fingerprint density at radius 3 is 2.25 bits per heavy atom. The zero-order valence-corrected chi connectivity index (χ0v) is 12.5. The van der Waals surface area contributed by atoms with Crippen LogP contribution in [0.1, 0.15) is 22.3 Å². The summed E-state index contributed by atoms with van der Waals surface area (Å²) < 4.78 is 0. The van der Waals surface area contributed by atoms with Crippen LogP contribution in [0.4, 0.5) is 0 Å². The zero-order chi connectivity index (χ0) is 14.3. The maximum atomic E-state index is 4.69. The van der Waals surface area contributed by atoms with E-state index in [2.05, 4.69) is 69.1 Å². The molecule has 0 N–H and O–H groups in total. The predicted octanol–water partition coefficient (Wildman–Crippen LogP) is 5.14. The van der Waals surface area contributed by atoms with Crippen LogP contribution in [0.25, 0.3) is 22.0 Å². The molecule has 100 valence electrons. The highest BCUT2D eigenvalue weighted by Crippen LogP contribution is 2.30. The highest BCUT2D eigenvalue weighted by molar-refractivity contribution is 5.96. The van der Waals surface area contributed by atoms with E-state index >= 15 is 0 Å². The molecule has 0 bridgehead atoms. The van der Waals surface area contributed by atoms with Crippen molar-refractivity contribution in [3.8, 4) is 11.3 Å². The summed E-state index contributed by atoms with van der Waals surface area (Å²) in [5.74, 6) is 0. The van der Waals surface area contributed by atoms with Crippen molar-refractivity contribution in [1.82, 2.24) is 4.98 Å². The summed E-state index contributed by atoms with van der Waals surface area (Å²) >= 11 is 0. The zero-order valence-electron chi connectivity index (χ0n) is 12.5. The normalized spacial score (nSPS) is 11.0. The number of pyridine rings is 1. The molecule has 0 saturated carbocycles. The van der Waals surface area contributed by atoms with E-state index in [1.807, 2.05) is 6.20 Å². The summed E-state index contributed by atoms with van der Waals surface area (Å²) in [5, 5.41) is 2.53. The molecule has 1 aromatic heterocycles. The molecule has 0 spiro atoms. The second-order valence-corrected chi connectivity index (χ2v) is 5.64. The molecule has 20 heavy (non-hydrogen) atoms. The molecule has 0 saturated heterocycles. The molecule has 0 aliphatic rings. The number of aromatic nitrogens is 1. The lowest BCUT2D eigenvalue weighted by Crippen LogP contribution is -1.91. The number of aryl methyl sites for hydroxylation is 4. The molecule has 2 aromatic carbocycles. The van der Waals surface area contributed by atoms with Crippen LogP contribution in [0.2, 0.25) is 0 Å². The molecular formula is C19H19N. The Labute approximate surface area is 120 Å². The van der Waals surface area contributed by atoms with Crippen LogP contribution in [0.5, 0.6) is 0 Å². The van der Waals surface area contributed by atoms with Gasteiger partial charge in [0.25, 0.3) is 0 Å². The van der Waals surface area contributed by atoms with Gasteiger partial charge in [-0.15, -0.1) is 0 Å². The van der Waals surface area contributed by atoms with Crippen molar-refractivity contribution in [2.24, 2.45) is 0 Å². The Morgan fingerprint density at radius 1 is 0.700 bits per heavy atom. The lowest BCUT2D eigenvalue weighted by Gasteiger charge is -2.10. The van der Waals surface area contributed by atoms with Gasteiger partial charge in [-0.1, -0.05) is 29.8 Å². The van der Waals surface area contributed by atoms with E-state index in [1.165, 1.54) is 38.6 Å². The molecular weight excluding hydrogens is 242 g/mol. The van der Waals surface area contributed by atoms with Gasteiger partial charge in [0.05, 0.1) is 5.69 Å². The van der Waals surface area contributed by atoms with Crippen LogP contribution in [-0.4, -0.2) is 4.98 Å². The number of hydrogen-bond donors (Lipinski definition) is 0. The summed E-state index contributed by atoms with van der Waals surface area (Å²) in [5.41, 5.74) is 7.41. The maximum Gasteiger partial charge on any atom is 0.0780 e. The lowest BCUT2D eigenvalue weighted by atomic mass is 9.97. The van der Waals surface area contributed by atoms with E-state index in [1.54, 1.807) is 0 Å². The van der Waals surface area contributed by atoms with Crippen molar-refractivity contribution in [1.29, 1.82) is 0 Å². The first kappa shape index (κ1) is 12.9. The SMILES string of the molecule is Cc1ccc2c(C)cnc(-c3ccc(C)c(C)c3)c2c1. The molecule has 0 aliphatic heterocycles. The molecule has 1 heteroatoms. The Kier molecular flexibility index (Phi) is 3.06. The fourth-order valence-electron chi connectivity index (χ4n) is 2.62. The van der Waals surface area contributed by atoms with Gasteiger partial charge in [0, 0.05) is 17.1 Å². The third-order valence-electron chi connectivity index (χ3n) is 4.02. The fourth-order valence-corrected chi connectivity index (χ4v) is 2.62. The van der Waals surface area contributed by atoms with Gasteiger partial charge < -0.3 is 0 Å². The maximum absolute atomic E-state index is 4.69. The second kappa shape index (κ2) is 4.75. The average molecular weight is 261 g/mol. The van der Waals surface area contributed by atoms with E-state index in [-0.39, 0.29) is 0 Å². The molecule has 3 aromatic rings. The molecule has 0 atom stereocenters. The van der Waals surface area contributed by atoms with E-state index < -0.39 is 0 Å². The van der Waals surface area contributed by atoms with Gasteiger partial charge in [-0.25, -0.2) is 0 Å². The summed E-state index contributed by atoms with van der Waals surface area (Å²) in [6, 6.07) is 13.2. The lowest BCUT2D eigenvalue weighted by molar-refractivity contribution is 1.28. The third kappa shape index (κ3) is 2.09. The number of benzene rings is 2. The van der Waals surface area contributed by atoms with Gasteiger partial charge in [0.15, 0.2) is 0 Å². The Hall–Kier alpha value is -2.15. The van der Waals surface area contributed by atoms with Crippen LogP contribution in [-0.2, 0) is 0 Å². The van der Waals surface area contributed by atoms with Gasteiger partial charge in [0.2, 0.25) is 0 Å². The predicted molar refractivity (Wildman–Crippen MR) is 86.1 cm³/mol. The van der Waals surface area contributed by atoms with Crippen LogP contribution < -0.4 is 0 Å². The van der Waals surface area contributed by atoms with Crippen LogP contribution in [0.15, 0.2) is 42.6 Å². The summed E-state index contributed by atoms with van der Waals surface area (Å²) in [7, 11) is 0. The van der Waals surface area contributed by atoms with Crippen molar-refractivity contribution >= 4 is 10.8 Å². The first-order chi connectivity index (χ1) is 9.56. The summed E-state index contributed by atoms with van der Waals surface area (Å²) in [6.07, 6.45) is 1.97. The molecule has 0 aliphatic carbocycles. The van der Waals surface area contributed by atoms with Crippen molar-refractivity contribution < 1.29 is 0 Å². The van der Waals surface area contributed by atoms with Crippen LogP contribution in [0.3, 0.4) is 0 Å². The second-order valence-electron chi connectivity index (χ2n) is 5.64. The van der Waals surface area contributed by atoms with E-state index in [0.29, 0.717) is 0 Å². The first-order valence-corrected chi connectivity index (χ1v) is 7.00. The van der Waals surface area contributed by atoms with Gasteiger partial charge in [0.1, 0.15) is 0 Å². The number of nitrogens with zero attached hydrogens (tertiary/aromatic N) is 1. The van der Waals surface area contributed by atoms with E-state index in [4.69, 9.17) is 0 Å². The Balaban J connectivity index is 2.33. The van der Waals surface area contributed by atoms with Crippen molar-refractivity contribution in [2.45, 2.75) is 27.7 Å². The minimum Gasteiger partial charge on any atom is -0.255 e.